The van der Waals surface area contributed by atoms with Crippen LogP contribution in [0, 0.1) is 0 Å². The zero-order valence-electron chi connectivity index (χ0n) is 11.6. The van der Waals surface area contributed by atoms with Crippen LogP contribution in [-0.2, 0) is 0 Å². The van der Waals surface area contributed by atoms with Crippen molar-refractivity contribution in [3.05, 3.63) is 28.2 Å². The Labute approximate surface area is 136 Å². The largest absolute Gasteiger partial charge is 0.478 e. The summed E-state index contributed by atoms with van der Waals surface area (Å²) in [5.74, 6) is -1.03. The molecule has 1 aromatic carbocycles. The SMILES string of the molecule is CSC1CCC(NC(=O)Nc2cc(Br)cc(C(=O)O)c2)C1. The molecule has 1 fully saturated rings. The molecule has 0 radical (unpaired) electrons. The highest BCUT2D eigenvalue weighted by atomic mass is 79.9. The van der Waals surface area contributed by atoms with E-state index in [1.54, 1.807) is 6.07 Å². The molecule has 1 aliphatic rings. The van der Waals surface area contributed by atoms with Crippen LogP contribution in [0.25, 0.3) is 0 Å². The van der Waals surface area contributed by atoms with Gasteiger partial charge in [0.05, 0.1) is 5.56 Å². The molecule has 5 nitrogen and oxygen atoms in total. The lowest BCUT2D eigenvalue weighted by molar-refractivity contribution is 0.0697. The van der Waals surface area contributed by atoms with Crippen LogP contribution in [0.3, 0.4) is 0 Å². The van der Waals surface area contributed by atoms with Crippen LogP contribution in [0.5, 0.6) is 0 Å². The van der Waals surface area contributed by atoms with E-state index in [0.717, 1.165) is 19.3 Å². The van der Waals surface area contributed by atoms with E-state index in [2.05, 4.69) is 32.8 Å². The van der Waals surface area contributed by atoms with Crippen LogP contribution in [0.4, 0.5) is 10.5 Å². The number of carbonyl (C=O) groups is 2. The van der Waals surface area contributed by atoms with Gasteiger partial charge in [-0.25, -0.2) is 9.59 Å². The Morgan fingerprint density at radius 3 is 2.71 bits per heavy atom. The average molecular weight is 373 g/mol. The number of thioether (sulfide) groups is 1. The fraction of sp³-hybridized carbons (Fsp3) is 0.429. The van der Waals surface area contributed by atoms with Crippen LogP contribution in [0.2, 0.25) is 0 Å². The fourth-order valence-electron chi connectivity index (χ4n) is 2.42. The second-order valence-electron chi connectivity index (χ2n) is 5.00. The molecule has 2 atom stereocenters. The predicted octanol–water partition coefficient (Wildman–Crippen LogP) is 3.55. The Bertz CT molecular complexity index is 553. The molecule has 7 heteroatoms. The van der Waals surface area contributed by atoms with E-state index in [9.17, 15) is 9.59 Å². The van der Waals surface area contributed by atoms with Crippen LogP contribution >= 0.6 is 27.7 Å². The lowest BCUT2D eigenvalue weighted by atomic mass is 10.2. The Kier molecular flexibility index (Phi) is 5.52. The number of carbonyl (C=O) groups excluding carboxylic acids is 1. The average Bonchev–Trinajstić information content (AvgIpc) is 2.85. The van der Waals surface area contributed by atoms with Gasteiger partial charge < -0.3 is 15.7 Å². The Morgan fingerprint density at radius 2 is 2.10 bits per heavy atom. The fourth-order valence-corrected chi connectivity index (χ4v) is 3.71. The van der Waals surface area contributed by atoms with Crippen LogP contribution < -0.4 is 10.6 Å². The minimum absolute atomic E-state index is 0.128. The molecule has 3 N–H and O–H groups in total. The number of aromatic carboxylic acids is 1. The van der Waals surface area contributed by atoms with Gasteiger partial charge in [-0.2, -0.15) is 11.8 Å². The molecular formula is C14H17BrN2O3S. The maximum atomic E-state index is 12.0. The molecule has 21 heavy (non-hydrogen) atoms. The van der Waals surface area contributed by atoms with Gasteiger partial charge in [-0.1, -0.05) is 15.9 Å². The molecule has 114 valence electrons. The van der Waals surface area contributed by atoms with Crippen molar-refractivity contribution < 1.29 is 14.7 Å². The number of amides is 2. The predicted molar refractivity (Wildman–Crippen MR) is 88.2 cm³/mol. The summed E-state index contributed by atoms with van der Waals surface area (Å²) in [5.41, 5.74) is 0.585. The number of hydrogen-bond donors (Lipinski definition) is 3. The molecule has 1 aliphatic carbocycles. The van der Waals surface area contributed by atoms with Gasteiger partial charge in [-0.3, -0.25) is 0 Å². The quantitative estimate of drug-likeness (QED) is 0.754. The van der Waals surface area contributed by atoms with Crippen molar-refractivity contribution in [2.24, 2.45) is 0 Å². The van der Waals surface area contributed by atoms with Gasteiger partial charge in [0, 0.05) is 21.5 Å². The minimum atomic E-state index is -1.03. The molecule has 2 rings (SSSR count). The van der Waals surface area contributed by atoms with Crippen molar-refractivity contribution in [1.82, 2.24) is 5.32 Å². The normalized spacial score (nSPS) is 21.0. The number of nitrogens with one attached hydrogen (secondary N) is 2. The van der Waals surface area contributed by atoms with Crippen molar-refractivity contribution in [3.63, 3.8) is 0 Å². The molecular weight excluding hydrogens is 356 g/mol. The Hall–Kier alpha value is -1.21. The summed E-state index contributed by atoms with van der Waals surface area (Å²) in [5, 5.41) is 15.2. The van der Waals surface area contributed by atoms with E-state index in [4.69, 9.17) is 5.11 Å². The van der Waals surface area contributed by atoms with Crippen LogP contribution in [-0.4, -0.2) is 34.7 Å². The molecule has 0 saturated heterocycles. The molecule has 0 aromatic heterocycles. The van der Waals surface area contributed by atoms with Gasteiger partial charge in [0.2, 0.25) is 0 Å². The molecule has 0 bridgehead atoms. The highest BCUT2D eigenvalue weighted by molar-refractivity contribution is 9.10. The third kappa shape index (κ3) is 4.64. The van der Waals surface area contributed by atoms with Crippen molar-refractivity contribution in [2.45, 2.75) is 30.6 Å². The summed E-state index contributed by atoms with van der Waals surface area (Å²) in [6, 6.07) is 4.49. The molecule has 2 amide bonds. The second kappa shape index (κ2) is 7.17. The number of carboxylic acid groups (broad SMARTS) is 1. The van der Waals surface area contributed by atoms with Crippen molar-refractivity contribution in [1.29, 1.82) is 0 Å². The first-order valence-electron chi connectivity index (χ1n) is 6.62. The van der Waals surface area contributed by atoms with Crippen molar-refractivity contribution in [3.8, 4) is 0 Å². The summed E-state index contributed by atoms with van der Waals surface area (Å²) in [6.07, 6.45) is 5.17. The molecule has 0 heterocycles. The zero-order chi connectivity index (χ0) is 15.4. The Balaban J connectivity index is 1.95. The highest BCUT2D eigenvalue weighted by Crippen LogP contribution is 2.28. The van der Waals surface area contributed by atoms with Gasteiger partial charge in [-0.15, -0.1) is 0 Å². The maximum absolute atomic E-state index is 12.0. The summed E-state index contributed by atoms with van der Waals surface area (Å²) < 4.78 is 0.612. The van der Waals surface area contributed by atoms with Crippen molar-refractivity contribution in [2.75, 3.05) is 11.6 Å². The number of benzene rings is 1. The molecule has 0 aliphatic heterocycles. The van der Waals surface area contributed by atoms with E-state index in [-0.39, 0.29) is 17.6 Å². The number of carboxylic acids is 1. The van der Waals surface area contributed by atoms with Gasteiger partial charge in [0.1, 0.15) is 0 Å². The van der Waals surface area contributed by atoms with Gasteiger partial charge in [0.25, 0.3) is 0 Å². The first kappa shape index (κ1) is 16.2. The summed E-state index contributed by atoms with van der Waals surface area (Å²) in [6.45, 7) is 0. The summed E-state index contributed by atoms with van der Waals surface area (Å²) in [7, 11) is 0. The molecule has 1 saturated carbocycles. The maximum Gasteiger partial charge on any atom is 0.335 e. The monoisotopic (exact) mass is 372 g/mol. The molecule has 0 spiro atoms. The smallest absolute Gasteiger partial charge is 0.335 e. The number of anilines is 1. The van der Waals surface area contributed by atoms with E-state index >= 15 is 0 Å². The number of rotatable bonds is 4. The van der Waals surface area contributed by atoms with Gasteiger partial charge >= 0.3 is 12.0 Å². The first-order chi connectivity index (χ1) is 9.97. The lowest BCUT2D eigenvalue weighted by Crippen LogP contribution is -2.36. The molecule has 1 aromatic rings. The van der Waals surface area contributed by atoms with E-state index in [0.29, 0.717) is 15.4 Å². The van der Waals surface area contributed by atoms with E-state index < -0.39 is 5.97 Å². The summed E-state index contributed by atoms with van der Waals surface area (Å²) >= 11 is 5.07. The lowest BCUT2D eigenvalue weighted by Gasteiger charge is -2.14. The minimum Gasteiger partial charge on any atom is -0.478 e. The standard InChI is InChI=1S/C14H17BrN2O3S/c1-21-12-3-2-10(7-12)16-14(20)17-11-5-8(13(18)19)4-9(15)6-11/h4-6,10,12H,2-3,7H2,1H3,(H,18,19)(H2,16,17,20). The molecule has 2 unspecified atom stereocenters. The zero-order valence-corrected chi connectivity index (χ0v) is 14.0. The van der Waals surface area contributed by atoms with Gasteiger partial charge in [-0.05, 0) is 43.7 Å². The summed E-state index contributed by atoms with van der Waals surface area (Å²) in [4.78, 5) is 23.0. The first-order valence-corrected chi connectivity index (χ1v) is 8.70. The highest BCUT2D eigenvalue weighted by Gasteiger charge is 2.25. The van der Waals surface area contributed by atoms with Crippen LogP contribution in [0.15, 0.2) is 22.7 Å². The topological polar surface area (TPSA) is 78.4 Å². The third-order valence-electron chi connectivity index (χ3n) is 3.46. The van der Waals surface area contributed by atoms with Crippen LogP contribution in [0.1, 0.15) is 29.6 Å². The van der Waals surface area contributed by atoms with E-state index in [1.807, 2.05) is 11.8 Å². The Morgan fingerprint density at radius 1 is 1.33 bits per heavy atom. The van der Waals surface area contributed by atoms with E-state index in [1.165, 1.54) is 12.1 Å². The van der Waals surface area contributed by atoms with Gasteiger partial charge in [0.15, 0.2) is 0 Å². The van der Waals surface area contributed by atoms with Crippen molar-refractivity contribution >= 4 is 45.4 Å². The number of urea groups is 1. The number of hydrogen-bond acceptors (Lipinski definition) is 3. The second-order valence-corrected chi connectivity index (χ2v) is 7.05. The number of halogens is 1. The third-order valence-corrected chi connectivity index (χ3v) is 5.01.